The van der Waals surface area contributed by atoms with Gasteiger partial charge in [0.15, 0.2) is 0 Å². The fourth-order valence-corrected chi connectivity index (χ4v) is 3.14. The van der Waals surface area contributed by atoms with Crippen molar-refractivity contribution in [2.45, 2.75) is 39.2 Å². The summed E-state index contributed by atoms with van der Waals surface area (Å²) < 4.78 is 19.0. The summed E-state index contributed by atoms with van der Waals surface area (Å²) >= 11 is 0. The molecule has 3 nitrogen and oxygen atoms in total. The second-order valence-electron chi connectivity index (χ2n) is 6.31. The summed E-state index contributed by atoms with van der Waals surface area (Å²) in [4.78, 5) is 0. The summed E-state index contributed by atoms with van der Waals surface area (Å²) in [5.41, 5.74) is 0.337. The smallest absolute Gasteiger partial charge is 0.123 e. The van der Waals surface area contributed by atoms with E-state index in [4.69, 9.17) is 4.74 Å². The molecule has 0 saturated heterocycles. The average molecular weight is 282 g/mol. The Labute approximate surface area is 119 Å². The molecule has 1 unspecified atom stereocenters. The van der Waals surface area contributed by atoms with E-state index >= 15 is 0 Å². The highest BCUT2D eigenvalue weighted by atomic mass is 19.1. The van der Waals surface area contributed by atoms with E-state index < -0.39 is 5.41 Å². The fraction of sp³-hybridized carbons (Fsp3) is 0.625. The van der Waals surface area contributed by atoms with E-state index in [2.05, 4.69) is 13.8 Å². The van der Waals surface area contributed by atoms with Crippen LogP contribution in [0.5, 0.6) is 5.75 Å². The molecule has 1 aromatic rings. The number of hydrogen-bond acceptors (Lipinski definition) is 3. The number of fused-ring (bicyclic) bond motifs is 1. The van der Waals surface area contributed by atoms with Crippen LogP contribution in [0.1, 0.15) is 32.3 Å². The maximum absolute atomic E-state index is 13.2. The minimum atomic E-state index is -0.528. The van der Waals surface area contributed by atoms with Crippen LogP contribution in [0.3, 0.4) is 0 Å². The molecule has 2 rings (SSSR count). The second-order valence-corrected chi connectivity index (χ2v) is 6.31. The predicted molar refractivity (Wildman–Crippen MR) is 75.2 cm³/mol. The zero-order valence-electron chi connectivity index (χ0n) is 12.1. The predicted octanol–water partition coefficient (Wildman–Crippen LogP) is 2.54. The van der Waals surface area contributed by atoms with Gasteiger partial charge in [-0.25, -0.2) is 4.39 Å². The van der Waals surface area contributed by atoms with Crippen molar-refractivity contribution in [1.29, 1.82) is 0 Å². The number of aliphatic hydroxyl groups is 2. The molecule has 0 radical (unpaired) electrons. The van der Waals surface area contributed by atoms with Crippen molar-refractivity contribution in [1.82, 2.24) is 0 Å². The summed E-state index contributed by atoms with van der Waals surface area (Å²) in [6.07, 6.45) is 1.84. The average Bonchev–Trinajstić information content (AvgIpc) is 2.78. The van der Waals surface area contributed by atoms with E-state index in [0.717, 1.165) is 12.0 Å². The van der Waals surface area contributed by atoms with Crippen molar-refractivity contribution in [3.8, 4) is 5.75 Å². The maximum atomic E-state index is 13.2. The first kappa shape index (κ1) is 15.3. The van der Waals surface area contributed by atoms with Crippen LogP contribution in [-0.2, 0) is 6.42 Å². The van der Waals surface area contributed by atoms with Gasteiger partial charge in [-0.1, -0.05) is 13.8 Å². The van der Waals surface area contributed by atoms with E-state index in [1.807, 2.05) is 0 Å². The Hall–Kier alpha value is -1.13. The van der Waals surface area contributed by atoms with Gasteiger partial charge in [0.25, 0.3) is 0 Å². The molecule has 1 atom stereocenters. The van der Waals surface area contributed by atoms with Crippen LogP contribution in [0.2, 0.25) is 0 Å². The third-order valence-corrected chi connectivity index (χ3v) is 3.94. The van der Waals surface area contributed by atoms with Crippen LogP contribution in [-0.4, -0.2) is 29.5 Å². The zero-order chi connectivity index (χ0) is 14.8. The Balaban J connectivity index is 2.07. The third kappa shape index (κ3) is 3.30. The van der Waals surface area contributed by atoms with Gasteiger partial charge in [0.05, 0.1) is 13.2 Å². The molecule has 0 amide bonds. The fourth-order valence-electron chi connectivity index (χ4n) is 3.14. The number of aliphatic hydroxyl groups excluding tert-OH is 2. The zero-order valence-corrected chi connectivity index (χ0v) is 12.1. The molecule has 20 heavy (non-hydrogen) atoms. The van der Waals surface area contributed by atoms with E-state index in [1.54, 1.807) is 6.07 Å². The van der Waals surface area contributed by atoms with Crippen LogP contribution in [0, 0.1) is 17.2 Å². The van der Waals surface area contributed by atoms with Gasteiger partial charge in [0, 0.05) is 17.4 Å². The Morgan fingerprint density at radius 1 is 1.35 bits per heavy atom. The molecule has 112 valence electrons. The molecule has 1 heterocycles. The SMILES string of the molecule is CC(C)CC(CO)(CO)CC1Cc2cc(F)ccc2O1. The molecule has 0 saturated carbocycles. The summed E-state index contributed by atoms with van der Waals surface area (Å²) in [5.74, 6) is 0.840. The van der Waals surface area contributed by atoms with Crippen molar-refractivity contribution >= 4 is 0 Å². The lowest BCUT2D eigenvalue weighted by atomic mass is 9.76. The van der Waals surface area contributed by atoms with Crippen molar-refractivity contribution < 1.29 is 19.3 Å². The van der Waals surface area contributed by atoms with Crippen LogP contribution in [0.15, 0.2) is 18.2 Å². The molecular formula is C16H23FO3. The lowest BCUT2D eigenvalue weighted by molar-refractivity contribution is 0.00328. The lowest BCUT2D eigenvalue weighted by Crippen LogP contribution is -2.36. The topological polar surface area (TPSA) is 49.7 Å². The second kappa shape index (κ2) is 6.10. The van der Waals surface area contributed by atoms with Crippen molar-refractivity contribution in [2.24, 2.45) is 11.3 Å². The first-order valence-electron chi connectivity index (χ1n) is 7.15. The van der Waals surface area contributed by atoms with Gasteiger partial charge in [0.1, 0.15) is 17.7 Å². The van der Waals surface area contributed by atoms with Gasteiger partial charge in [-0.3, -0.25) is 0 Å². The highest BCUT2D eigenvalue weighted by Gasteiger charge is 2.36. The number of ether oxygens (including phenoxy) is 1. The molecule has 0 aliphatic carbocycles. The standard InChI is InChI=1S/C16H23FO3/c1-11(2)7-16(9-18,10-19)8-14-6-12-5-13(17)3-4-15(12)20-14/h3-5,11,14,18-19H,6-10H2,1-2H3. The molecule has 1 aromatic carbocycles. The van der Waals surface area contributed by atoms with Gasteiger partial charge in [-0.05, 0) is 37.0 Å². The Bertz CT molecular complexity index is 455. The van der Waals surface area contributed by atoms with Crippen LogP contribution in [0.25, 0.3) is 0 Å². The third-order valence-electron chi connectivity index (χ3n) is 3.94. The van der Waals surface area contributed by atoms with E-state index in [-0.39, 0.29) is 25.1 Å². The van der Waals surface area contributed by atoms with Gasteiger partial charge < -0.3 is 14.9 Å². The van der Waals surface area contributed by atoms with Crippen molar-refractivity contribution in [3.63, 3.8) is 0 Å². The van der Waals surface area contributed by atoms with Crippen molar-refractivity contribution in [3.05, 3.63) is 29.6 Å². The Morgan fingerprint density at radius 3 is 2.65 bits per heavy atom. The van der Waals surface area contributed by atoms with Gasteiger partial charge in [-0.15, -0.1) is 0 Å². The van der Waals surface area contributed by atoms with E-state index in [9.17, 15) is 14.6 Å². The largest absolute Gasteiger partial charge is 0.490 e. The highest BCUT2D eigenvalue weighted by Crippen LogP contribution is 2.37. The quantitative estimate of drug-likeness (QED) is 0.843. The molecule has 1 aliphatic heterocycles. The Morgan fingerprint density at radius 2 is 2.05 bits per heavy atom. The minimum Gasteiger partial charge on any atom is -0.490 e. The van der Waals surface area contributed by atoms with Gasteiger partial charge >= 0.3 is 0 Å². The van der Waals surface area contributed by atoms with Crippen molar-refractivity contribution in [2.75, 3.05) is 13.2 Å². The molecule has 1 aliphatic rings. The summed E-state index contributed by atoms with van der Waals surface area (Å²) in [5, 5.41) is 19.3. The molecule has 0 spiro atoms. The molecule has 0 bridgehead atoms. The normalized spacial score (nSPS) is 18.2. The number of hydrogen-bond donors (Lipinski definition) is 2. The highest BCUT2D eigenvalue weighted by molar-refractivity contribution is 5.37. The summed E-state index contributed by atoms with van der Waals surface area (Å²) in [6.45, 7) is 4.01. The van der Waals surface area contributed by atoms with Crippen LogP contribution >= 0.6 is 0 Å². The first-order chi connectivity index (χ1) is 9.48. The monoisotopic (exact) mass is 282 g/mol. The number of halogens is 1. The Kier molecular flexibility index (Phi) is 4.66. The summed E-state index contributed by atoms with van der Waals surface area (Å²) in [7, 11) is 0. The van der Waals surface area contributed by atoms with Crippen LogP contribution in [0.4, 0.5) is 4.39 Å². The maximum Gasteiger partial charge on any atom is 0.123 e. The molecule has 4 heteroatoms. The van der Waals surface area contributed by atoms with Gasteiger partial charge in [0.2, 0.25) is 0 Å². The molecular weight excluding hydrogens is 259 g/mol. The van der Waals surface area contributed by atoms with E-state index in [0.29, 0.717) is 24.5 Å². The molecule has 0 fully saturated rings. The number of benzene rings is 1. The molecule has 2 N–H and O–H groups in total. The van der Waals surface area contributed by atoms with Crippen LogP contribution < -0.4 is 4.74 Å². The van der Waals surface area contributed by atoms with E-state index in [1.165, 1.54) is 12.1 Å². The first-order valence-corrected chi connectivity index (χ1v) is 7.15. The summed E-state index contributed by atoms with van der Waals surface area (Å²) in [6, 6.07) is 4.53. The molecule has 0 aromatic heterocycles. The minimum absolute atomic E-state index is 0.0632. The van der Waals surface area contributed by atoms with Gasteiger partial charge in [-0.2, -0.15) is 0 Å². The lowest BCUT2D eigenvalue weighted by Gasteiger charge is -2.33. The number of rotatable bonds is 6.